The average molecular weight is 240 g/mol. The second kappa shape index (κ2) is 3.77. The molecule has 0 saturated heterocycles. The van der Waals surface area contributed by atoms with Crippen molar-refractivity contribution in [2.24, 2.45) is 5.41 Å². The van der Waals surface area contributed by atoms with E-state index in [0.717, 1.165) is 10.5 Å². The van der Waals surface area contributed by atoms with Crippen molar-refractivity contribution >= 4 is 17.7 Å². The van der Waals surface area contributed by atoms with E-state index in [1.807, 2.05) is 0 Å². The molecule has 0 spiro atoms. The third-order valence-electron chi connectivity index (χ3n) is 3.05. The van der Waals surface area contributed by atoms with Crippen LogP contribution in [-0.2, 0) is 11.2 Å². The van der Waals surface area contributed by atoms with Crippen molar-refractivity contribution in [3.8, 4) is 0 Å². The maximum Gasteiger partial charge on any atom is 0.310 e. The Kier molecular flexibility index (Phi) is 2.70. The fourth-order valence-electron chi connectivity index (χ4n) is 1.76. The number of aliphatic carboxylic acids is 1. The molecule has 1 unspecified atom stereocenters. The van der Waals surface area contributed by atoms with Crippen molar-refractivity contribution in [3.63, 3.8) is 0 Å². The van der Waals surface area contributed by atoms with Crippen LogP contribution in [0.3, 0.4) is 0 Å². The minimum Gasteiger partial charge on any atom is -0.481 e. The standard InChI is InChI=1S/C12H13FO2S/c1-12(2,11(14)15)10-6-7-5-8(13)3-4-9(7)16-10/h3-5,10H,6H2,1-2H3,(H,14,15). The molecule has 16 heavy (non-hydrogen) atoms. The van der Waals surface area contributed by atoms with E-state index in [9.17, 15) is 9.18 Å². The molecular weight excluding hydrogens is 227 g/mol. The molecule has 1 N–H and O–H groups in total. The van der Waals surface area contributed by atoms with E-state index in [2.05, 4.69) is 0 Å². The van der Waals surface area contributed by atoms with E-state index in [-0.39, 0.29) is 11.1 Å². The van der Waals surface area contributed by atoms with Crippen molar-refractivity contribution in [1.29, 1.82) is 0 Å². The van der Waals surface area contributed by atoms with Gasteiger partial charge in [-0.2, -0.15) is 0 Å². The summed E-state index contributed by atoms with van der Waals surface area (Å²) in [5, 5.41) is 9.12. The second-order valence-electron chi connectivity index (χ2n) is 4.59. The monoisotopic (exact) mass is 240 g/mol. The SMILES string of the molecule is CC(C)(C(=O)O)C1Cc2cc(F)ccc2S1. The third kappa shape index (κ3) is 1.82. The van der Waals surface area contributed by atoms with Crippen molar-refractivity contribution in [2.75, 3.05) is 0 Å². The lowest BCUT2D eigenvalue weighted by atomic mass is 9.86. The lowest BCUT2D eigenvalue weighted by Gasteiger charge is -2.25. The van der Waals surface area contributed by atoms with Gasteiger partial charge in [0.25, 0.3) is 0 Å². The molecule has 86 valence electrons. The van der Waals surface area contributed by atoms with Crippen LogP contribution >= 0.6 is 11.8 Å². The zero-order chi connectivity index (χ0) is 11.9. The third-order valence-corrected chi connectivity index (χ3v) is 4.75. The summed E-state index contributed by atoms with van der Waals surface area (Å²) in [6.45, 7) is 3.43. The zero-order valence-electron chi connectivity index (χ0n) is 9.16. The smallest absolute Gasteiger partial charge is 0.310 e. The Morgan fingerprint density at radius 1 is 1.56 bits per heavy atom. The first kappa shape index (κ1) is 11.5. The van der Waals surface area contributed by atoms with E-state index in [1.54, 1.807) is 19.9 Å². The lowest BCUT2D eigenvalue weighted by Crippen LogP contribution is -2.34. The first-order valence-electron chi connectivity index (χ1n) is 5.10. The van der Waals surface area contributed by atoms with Crippen LogP contribution in [0.5, 0.6) is 0 Å². The Balaban J connectivity index is 2.26. The number of carbonyl (C=O) groups is 1. The van der Waals surface area contributed by atoms with Gasteiger partial charge in [0.05, 0.1) is 5.41 Å². The molecule has 1 aromatic carbocycles. The second-order valence-corrected chi connectivity index (χ2v) is 5.83. The molecule has 0 aliphatic carbocycles. The molecule has 1 aromatic rings. The van der Waals surface area contributed by atoms with Gasteiger partial charge in [0.2, 0.25) is 0 Å². The summed E-state index contributed by atoms with van der Waals surface area (Å²) < 4.78 is 13.0. The summed E-state index contributed by atoms with van der Waals surface area (Å²) in [6.07, 6.45) is 0.622. The number of fused-ring (bicyclic) bond motifs is 1. The number of hydrogen-bond acceptors (Lipinski definition) is 2. The molecule has 2 nitrogen and oxygen atoms in total. The van der Waals surface area contributed by atoms with Crippen molar-refractivity contribution in [3.05, 3.63) is 29.6 Å². The van der Waals surface area contributed by atoms with Crippen LogP contribution in [0, 0.1) is 11.2 Å². The normalized spacial score (nSPS) is 19.6. The van der Waals surface area contributed by atoms with Crippen LogP contribution in [0.2, 0.25) is 0 Å². The number of carboxylic acid groups (broad SMARTS) is 1. The molecule has 0 aromatic heterocycles. The van der Waals surface area contributed by atoms with E-state index in [0.29, 0.717) is 6.42 Å². The van der Waals surface area contributed by atoms with Crippen LogP contribution in [0.4, 0.5) is 4.39 Å². The van der Waals surface area contributed by atoms with Gasteiger partial charge in [0.1, 0.15) is 5.82 Å². The quantitative estimate of drug-likeness (QED) is 0.863. The van der Waals surface area contributed by atoms with Crippen molar-refractivity contribution in [1.82, 2.24) is 0 Å². The van der Waals surface area contributed by atoms with Crippen molar-refractivity contribution < 1.29 is 14.3 Å². The molecule has 0 saturated carbocycles. The summed E-state index contributed by atoms with van der Waals surface area (Å²) in [7, 11) is 0. The maximum absolute atomic E-state index is 13.0. The van der Waals surface area contributed by atoms with Gasteiger partial charge >= 0.3 is 5.97 Å². The predicted octanol–water partition coefficient (Wildman–Crippen LogP) is 2.95. The van der Waals surface area contributed by atoms with Gasteiger partial charge in [-0.15, -0.1) is 11.8 Å². The molecule has 2 rings (SSSR count). The highest BCUT2D eigenvalue weighted by Crippen LogP contribution is 2.45. The van der Waals surface area contributed by atoms with E-state index in [4.69, 9.17) is 5.11 Å². The molecule has 0 bridgehead atoms. The van der Waals surface area contributed by atoms with Gasteiger partial charge in [-0.3, -0.25) is 4.79 Å². The first-order valence-corrected chi connectivity index (χ1v) is 5.97. The molecule has 1 heterocycles. The number of carboxylic acids is 1. The molecule has 0 amide bonds. The molecular formula is C12H13FO2S. The van der Waals surface area contributed by atoms with Crippen LogP contribution in [-0.4, -0.2) is 16.3 Å². The summed E-state index contributed by atoms with van der Waals surface area (Å²) in [4.78, 5) is 12.1. The van der Waals surface area contributed by atoms with Gasteiger partial charge < -0.3 is 5.11 Å². The van der Waals surface area contributed by atoms with Gasteiger partial charge in [-0.05, 0) is 44.0 Å². The average Bonchev–Trinajstić information content (AvgIpc) is 2.60. The van der Waals surface area contributed by atoms with Crippen molar-refractivity contribution in [2.45, 2.75) is 30.4 Å². The van der Waals surface area contributed by atoms with Crippen LogP contribution in [0.1, 0.15) is 19.4 Å². The summed E-state index contributed by atoms with van der Waals surface area (Å²) >= 11 is 1.53. The van der Waals surface area contributed by atoms with Gasteiger partial charge in [0, 0.05) is 10.1 Å². The van der Waals surface area contributed by atoms with Crippen LogP contribution in [0.15, 0.2) is 23.1 Å². The Bertz CT molecular complexity index is 443. The van der Waals surface area contributed by atoms with Gasteiger partial charge in [-0.25, -0.2) is 4.39 Å². The molecule has 0 radical (unpaired) electrons. The Labute approximate surface area is 97.9 Å². The number of benzene rings is 1. The Morgan fingerprint density at radius 2 is 2.25 bits per heavy atom. The molecule has 4 heteroatoms. The number of thioether (sulfide) groups is 1. The number of rotatable bonds is 2. The fourth-order valence-corrected chi connectivity index (χ4v) is 3.16. The minimum atomic E-state index is -0.807. The van der Waals surface area contributed by atoms with Gasteiger partial charge in [-0.1, -0.05) is 0 Å². The van der Waals surface area contributed by atoms with Crippen LogP contribution in [0.25, 0.3) is 0 Å². The van der Waals surface area contributed by atoms with Crippen LogP contribution < -0.4 is 0 Å². The molecule has 1 aliphatic rings. The topological polar surface area (TPSA) is 37.3 Å². The number of hydrogen-bond donors (Lipinski definition) is 1. The zero-order valence-corrected chi connectivity index (χ0v) is 9.97. The summed E-state index contributed by atoms with van der Waals surface area (Å²) in [5.74, 6) is -1.06. The minimum absolute atomic E-state index is 0.0261. The molecule has 1 aliphatic heterocycles. The first-order chi connectivity index (χ1) is 7.41. The highest BCUT2D eigenvalue weighted by molar-refractivity contribution is 8.00. The maximum atomic E-state index is 13.0. The summed E-state index contributed by atoms with van der Waals surface area (Å²) in [5.41, 5.74) is 0.129. The Morgan fingerprint density at radius 3 is 2.88 bits per heavy atom. The molecule has 0 fully saturated rings. The predicted molar refractivity (Wildman–Crippen MR) is 61.2 cm³/mol. The largest absolute Gasteiger partial charge is 0.481 e. The number of halogens is 1. The van der Waals surface area contributed by atoms with E-state index < -0.39 is 11.4 Å². The summed E-state index contributed by atoms with van der Waals surface area (Å²) in [6, 6.07) is 4.65. The highest BCUT2D eigenvalue weighted by atomic mass is 32.2. The van der Waals surface area contributed by atoms with E-state index in [1.165, 1.54) is 23.9 Å². The fraction of sp³-hybridized carbons (Fsp3) is 0.417. The highest BCUT2D eigenvalue weighted by Gasteiger charge is 2.40. The van der Waals surface area contributed by atoms with E-state index >= 15 is 0 Å². The molecule has 1 atom stereocenters. The Hall–Kier alpha value is -1.03. The lowest BCUT2D eigenvalue weighted by molar-refractivity contribution is -0.146. The van der Waals surface area contributed by atoms with Gasteiger partial charge in [0.15, 0.2) is 0 Å².